The number of rotatable bonds is 7. The summed E-state index contributed by atoms with van der Waals surface area (Å²) in [5, 5.41) is 0. The molecule has 21 heavy (non-hydrogen) atoms. The van der Waals surface area contributed by atoms with Crippen molar-refractivity contribution in [2.24, 2.45) is 0 Å². The Hall–Kier alpha value is -1.09. The Labute approximate surface area is 136 Å². The quantitative estimate of drug-likeness (QED) is 0.736. The van der Waals surface area contributed by atoms with Crippen LogP contribution < -0.4 is 14.2 Å². The number of thiophene rings is 1. The van der Waals surface area contributed by atoms with Crippen molar-refractivity contribution in [3.05, 3.63) is 40.2 Å². The molecule has 5 nitrogen and oxygen atoms in total. The van der Waals surface area contributed by atoms with Crippen molar-refractivity contribution in [2.45, 2.75) is 4.21 Å². The smallest absolute Gasteiger partial charge is 0.250 e. The lowest BCUT2D eigenvalue weighted by Crippen LogP contribution is -2.27. The molecule has 0 bridgehead atoms. The molecule has 2 rings (SSSR count). The average Bonchev–Trinajstić information content (AvgIpc) is 2.91. The lowest BCUT2D eigenvalue weighted by Gasteiger charge is -2.08. The van der Waals surface area contributed by atoms with Gasteiger partial charge in [0.2, 0.25) is 10.0 Å². The summed E-state index contributed by atoms with van der Waals surface area (Å²) in [4.78, 5) is 0. The predicted molar refractivity (Wildman–Crippen MR) is 85.7 cm³/mol. The van der Waals surface area contributed by atoms with Gasteiger partial charge in [-0.2, -0.15) is 0 Å². The number of methoxy groups -OCH3 is 1. The molecule has 0 unspecified atom stereocenters. The molecule has 0 aliphatic rings. The standard InChI is InChI=1S/C13H14BrNO4S2/c1-18-10-3-2-4-11(9-10)19-8-7-15-21(16,17)13-6-5-12(14)20-13/h2-6,9,15H,7-8H2,1H3. The highest BCUT2D eigenvalue weighted by atomic mass is 79.9. The summed E-state index contributed by atoms with van der Waals surface area (Å²) in [5.74, 6) is 1.32. The highest BCUT2D eigenvalue weighted by molar-refractivity contribution is 9.11. The lowest BCUT2D eigenvalue weighted by molar-refractivity contribution is 0.320. The van der Waals surface area contributed by atoms with Gasteiger partial charge in [0.1, 0.15) is 22.3 Å². The van der Waals surface area contributed by atoms with Gasteiger partial charge in [-0.05, 0) is 40.2 Å². The monoisotopic (exact) mass is 391 g/mol. The van der Waals surface area contributed by atoms with Crippen molar-refractivity contribution in [1.82, 2.24) is 4.72 Å². The fourth-order valence-corrected chi connectivity index (χ4v) is 4.62. The van der Waals surface area contributed by atoms with E-state index in [0.29, 0.717) is 11.5 Å². The van der Waals surface area contributed by atoms with E-state index >= 15 is 0 Å². The molecule has 0 amide bonds. The van der Waals surface area contributed by atoms with E-state index < -0.39 is 10.0 Å². The van der Waals surface area contributed by atoms with Crippen LogP contribution in [0.2, 0.25) is 0 Å². The third-order valence-corrected chi connectivity index (χ3v) is 6.09. The van der Waals surface area contributed by atoms with Crippen LogP contribution in [0.1, 0.15) is 0 Å². The fourth-order valence-electron chi connectivity index (χ4n) is 1.55. The summed E-state index contributed by atoms with van der Waals surface area (Å²) in [7, 11) is -1.90. The first-order valence-electron chi connectivity index (χ1n) is 6.03. The van der Waals surface area contributed by atoms with Crippen molar-refractivity contribution in [3.63, 3.8) is 0 Å². The second-order valence-electron chi connectivity index (χ2n) is 3.98. The van der Waals surface area contributed by atoms with Crippen LogP contribution >= 0.6 is 27.3 Å². The van der Waals surface area contributed by atoms with Crippen LogP contribution in [0, 0.1) is 0 Å². The summed E-state index contributed by atoms with van der Waals surface area (Å²) >= 11 is 4.40. The lowest BCUT2D eigenvalue weighted by atomic mass is 10.3. The average molecular weight is 392 g/mol. The predicted octanol–water partition coefficient (Wildman–Crippen LogP) is 2.88. The summed E-state index contributed by atoms with van der Waals surface area (Å²) in [6, 6.07) is 10.4. The van der Waals surface area contributed by atoms with Crippen molar-refractivity contribution in [3.8, 4) is 11.5 Å². The molecule has 1 aromatic carbocycles. The summed E-state index contributed by atoms with van der Waals surface area (Å²) < 4.78 is 38.0. The SMILES string of the molecule is COc1cccc(OCCNS(=O)(=O)c2ccc(Br)s2)c1. The molecule has 0 spiro atoms. The van der Waals surface area contributed by atoms with Crippen molar-refractivity contribution in [2.75, 3.05) is 20.3 Å². The van der Waals surface area contributed by atoms with Crippen molar-refractivity contribution < 1.29 is 17.9 Å². The minimum atomic E-state index is -3.47. The zero-order chi connectivity index (χ0) is 15.3. The van der Waals surface area contributed by atoms with E-state index in [9.17, 15) is 8.42 Å². The summed E-state index contributed by atoms with van der Waals surface area (Å²) in [5.41, 5.74) is 0. The number of sulfonamides is 1. The van der Waals surface area contributed by atoms with E-state index in [1.165, 1.54) is 0 Å². The fraction of sp³-hybridized carbons (Fsp3) is 0.231. The third kappa shape index (κ3) is 4.70. The molecule has 114 valence electrons. The number of ether oxygens (including phenoxy) is 2. The topological polar surface area (TPSA) is 64.6 Å². The Morgan fingerprint density at radius 1 is 1.24 bits per heavy atom. The van der Waals surface area contributed by atoms with Gasteiger partial charge >= 0.3 is 0 Å². The first-order chi connectivity index (χ1) is 10.0. The van der Waals surface area contributed by atoms with Gasteiger partial charge in [0.25, 0.3) is 0 Å². The first-order valence-corrected chi connectivity index (χ1v) is 9.12. The summed E-state index contributed by atoms with van der Waals surface area (Å²) in [6.45, 7) is 0.425. The molecular formula is C13H14BrNO4S2. The maximum absolute atomic E-state index is 12.0. The van der Waals surface area contributed by atoms with E-state index in [1.54, 1.807) is 31.4 Å². The number of hydrogen-bond acceptors (Lipinski definition) is 5. The molecule has 0 saturated heterocycles. The Bertz CT molecular complexity index is 700. The Balaban J connectivity index is 1.84. The van der Waals surface area contributed by atoms with E-state index in [1.807, 2.05) is 12.1 Å². The normalized spacial score (nSPS) is 11.3. The molecular weight excluding hydrogens is 378 g/mol. The Morgan fingerprint density at radius 2 is 2.00 bits per heavy atom. The van der Waals surface area contributed by atoms with Gasteiger partial charge in [-0.1, -0.05) is 6.07 Å². The first kappa shape index (κ1) is 16.3. The minimum Gasteiger partial charge on any atom is -0.497 e. The molecule has 1 aromatic heterocycles. The summed E-state index contributed by atoms with van der Waals surface area (Å²) in [6.07, 6.45) is 0. The maximum Gasteiger partial charge on any atom is 0.250 e. The van der Waals surface area contributed by atoms with E-state index in [0.717, 1.165) is 15.1 Å². The second kappa shape index (κ2) is 7.26. The minimum absolute atomic E-state index is 0.190. The number of halogens is 1. The van der Waals surface area contributed by atoms with Gasteiger partial charge in [0.15, 0.2) is 0 Å². The highest BCUT2D eigenvalue weighted by Crippen LogP contribution is 2.25. The van der Waals surface area contributed by atoms with Crippen LogP contribution in [0.4, 0.5) is 0 Å². The van der Waals surface area contributed by atoms with Crippen molar-refractivity contribution in [1.29, 1.82) is 0 Å². The molecule has 0 atom stereocenters. The van der Waals surface area contributed by atoms with Gasteiger partial charge < -0.3 is 9.47 Å². The molecule has 0 aliphatic carbocycles. The molecule has 1 heterocycles. The van der Waals surface area contributed by atoms with Gasteiger partial charge in [0, 0.05) is 12.6 Å². The third-order valence-electron chi connectivity index (χ3n) is 2.52. The van der Waals surface area contributed by atoms with Gasteiger partial charge in [0.05, 0.1) is 10.9 Å². The van der Waals surface area contributed by atoms with Gasteiger partial charge in [-0.3, -0.25) is 0 Å². The zero-order valence-electron chi connectivity index (χ0n) is 11.2. The van der Waals surface area contributed by atoms with Crippen LogP contribution in [0.3, 0.4) is 0 Å². The molecule has 8 heteroatoms. The van der Waals surface area contributed by atoms with E-state index in [-0.39, 0.29) is 17.4 Å². The van der Waals surface area contributed by atoms with Crippen molar-refractivity contribution >= 4 is 37.3 Å². The van der Waals surface area contributed by atoms with Gasteiger partial charge in [-0.15, -0.1) is 11.3 Å². The Kier molecular flexibility index (Phi) is 5.63. The Morgan fingerprint density at radius 3 is 2.67 bits per heavy atom. The maximum atomic E-state index is 12.0. The highest BCUT2D eigenvalue weighted by Gasteiger charge is 2.15. The second-order valence-corrected chi connectivity index (χ2v) is 8.44. The largest absolute Gasteiger partial charge is 0.497 e. The number of nitrogens with one attached hydrogen (secondary N) is 1. The molecule has 0 aliphatic heterocycles. The van der Waals surface area contributed by atoms with Crippen LogP contribution in [0.25, 0.3) is 0 Å². The van der Waals surface area contributed by atoms with Gasteiger partial charge in [-0.25, -0.2) is 13.1 Å². The van der Waals surface area contributed by atoms with Crippen LogP contribution in [0.15, 0.2) is 44.4 Å². The van der Waals surface area contributed by atoms with Crippen LogP contribution in [0.5, 0.6) is 11.5 Å². The molecule has 0 fully saturated rings. The number of benzene rings is 1. The molecule has 2 aromatic rings. The number of hydrogen-bond donors (Lipinski definition) is 1. The van der Waals surface area contributed by atoms with Crippen LogP contribution in [-0.2, 0) is 10.0 Å². The molecule has 1 N–H and O–H groups in total. The zero-order valence-corrected chi connectivity index (χ0v) is 14.4. The van der Waals surface area contributed by atoms with E-state index in [4.69, 9.17) is 9.47 Å². The molecule has 0 saturated carbocycles. The van der Waals surface area contributed by atoms with E-state index in [2.05, 4.69) is 20.7 Å². The van der Waals surface area contributed by atoms with Crippen LogP contribution in [-0.4, -0.2) is 28.7 Å². The molecule has 0 radical (unpaired) electrons.